The first kappa shape index (κ1) is 10.8. The Morgan fingerprint density at radius 3 is 3.12 bits per heavy atom. The van der Waals surface area contributed by atoms with Crippen molar-refractivity contribution in [3.63, 3.8) is 0 Å². The number of rotatable bonds is 1. The van der Waals surface area contributed by atoms with Gasteiger partial charge in [-0.2, -0.15) is 0 Å². The van der Waals surface area contributed by atoms with Crippen LogP contribution in [0.4, 0.5) is 0 Å². The molecule has 0 saturated carbocycles. The van der Waals surface area contributed by atoms with Crippen LogP contribution in [0.2, 0.25) is 0 Å². The summed E-state index contributed by atoms with van der Waals surface area (Å²) in [7, 11) is 0. The van der Waals surface area contributed by atoms with Crippen molar-refractivity contribution >= 4 is 11.3 Å². The summed E-state index contributed by atoms with van der Waals surface area (Å²) < 4.78 is 5.95. The highest BCUT2D eigenvalue weighted by Crippen LogP contribution is 2.40. The van der Waals surface area contributed by atoms with Crippen LogP contribution in [-0.2, 0) is 17.6 Å². The first-order valence-corrected chi connectivity index (χ1v) is 7.11. The van der Waals surface area contributed by atoms with E-state index in [1.165, 1.54) is 29.7 Å². The van der Waals surface area contributed by atoms with Gasteiger partial charge in [0.05, 0.1) is 12.7 Å². The van der Waals surface area contributed by atoms with Gasteiger partial charge in [-0.15, -0.1) is 11.3 Å². The van der Waals surface area contributed by atoms with E-state index in [-0.39, 0.29) is 0 Å². The van der Waals surface area contributed by atoms with Gasteiger partial charge in [0, 0.05) is 16.3 Å². The van der Waals surface area contributed by atoms with E-state index in [0.29, 0.717) is 6.10 Å². The van der Waals surface area contributed by atoms with Crippen molar-refractivity contribution in [2.24, 2.45) is 0 Å². The molecule has 1 aliphatic carbocycles. The minimum Gasteiger partial charge on any atom is -0.371 e. The second-order valence-corrected chi connectivity index (χ2v) is 5.88. The Morgan fingerprint density at radius 2 is 2.25 bits per heavy atom. The van der Waals surface area contributed by atoms with Crippen LogP contribution < -0.4 is 5.32 Å². The number of ether oxygens (including phenoxy) is 1. The van der Waals surface area contributed by atoms with E-state index < -0.39 is 0 Å². The molecule has 3 rings (SSSR count). The van der Waals surface area contributed by atoms with Crippen LogP contribution in [0.1, 0.15) is 39.8 Å². The summed E-state index contributed by atoms with van der Waals surface area (Å²) in [6.07, 6.45) is 5.43. The van der Waals surface area contributed by atoms with Crippen molar-refractivity contribution in [2.45, 2.75) is 38.7 Å². The molecule has 3 heteroatoms. The van der Waals surface area contributed by atoms with Gasteiger partial charge in [0.25, 0.3) is 0 Å². The van der Waals surface area contributed by atoms with Gasteiger partial charge in [-0.1, -0.05) is 0 Å². The fourth-order valence-corrected chi connectivity index (χ4v) is 4.30. The molecular weight excluding hydrogens is 218 g/mol. The molecule has 1 N–H and O–H groups in total. The number of hydrogen-bond acceptors (Lipinski definition) is 3. The van der Waals surface area contributed by atoms with Crippen molar-refractivity contribution in [3.8, 4) is 0 Å². The monoisotopic (exact) mass is 237 g/mol. The third-order valence-corrected chi connectivity index (χ3v) is 5.18. The largest absolute Gasteiger partial charge is 0.371 e. The molecule has 2 nitrogen and oxygen atoms in total. The molecule has 0 spiro atoms. The molecular formula is C13H19NOS. The second kappa shape index (κ2) is 4.47. The zero-order chi connectivity index (χ0) is 11.0. The van der Waals surface area contributed by atoms with E-state index >= 15 is 0 Å². The molecule has 0 bridgehead atoms. The molecule has 1 unspecified atom stereocenters. The van der Waals surface area contributed by atoms with Crippen LogP contribution in [0.3, 0.4) is 0 Å². The van der Waals surface area contributed by atoms with Crippen LogP contribution in [0.5, 0.6) is 0 Å². The van der Waals surface area contributed by atoms with Crippen LogP contribution in [0.15, 0.2) is 0 Å². The molecule has 0 radical (unpaired) electrons. The maximum Gasteiger partial charge on any atom is 0.0932 e. The molecule has 1 aromatic heterocycles. The summed E-state index contributed by atoms with van der Waals surface area (Å²) in [5.74, 6) is 0. The van der Waals surface area contributed by atoms with Crippen molar-refractivity contribution < 1.29 is 4.74 Å². The zero-order valence-electron chi connectivity index (χ0n) is 9.84. The fraction of sp³-hybridized carbons (Fsp3) is 0.692. The molecule has 16 heavy (non-hydrogen) atoms. The van der Waals surface area contributed by atoms with Crippen LogP contribution >= 0.6 is 11.3 Å². The second-order valence-electron chi connectivity index (χ2n) is 4.74. The third kappa shape index (κ3) is 1.81. The van der Waals surface area contributed by atoms with Gasteiger partial charge in [-0.3, -0.25) is 0 Å². The summed E-state index contributed by atoms with van der Waals surface area (Å²) in [5.41, 5.74) is 3.17. The summed E-state index contributed by atoms with van der Waals surface area (Å²) in [6.45, 7) is 5.23. The average Bonchev–Trinajstić information content (AvgIpc) is 2.74. The van der Waals surface area contributed by atoms with Crippen LogP contribution in [0.25, 0.3) is 0 Å². The Morgan fingerprint density at radius 1 is 1.31 bits per heavy atom. The predicted molar refractivity (Wildman–Crippen MR) is 67.3 cm³/mol. The SMILES string of the molecule is Cc1c(C2CCNCCO2)sc2c1CCC2. The van der Waals surface area contributed by atoms with Crippen molar-refractivity contribution in [1.29, 1.82) is 0 Å². The first-order chi connectivity index (χ1) is 7.86. The molecule has 2 heterocycles. The number of nitrogens with one attached hydrogen (secondary N) is 1. The lowest BCUT2D eigenvalue weighted by Gasteiger charge is -2.14. The van der Waals surface area contributed by atoms with E-state index in [9.17, 15) is 0 Å². The molecule has 1 aromatic rings. The van der Waals surface area contributed by atoms with Crippen molar-refractivity contribution in [2.75, 3.05) is 19.7 Å². The predicted octanol–water partition coefficient (Wildman–Crippen LogP) is 2.60. The van der Waals surface area contributed by atoms with E-state index in [1.54, 1.807) is 10.4 Å². The third-order valence-electron chi connectivity index (χ3n) is 3.70. The van der Waals surface area contributed by atoms with Crippen LogP contribution in [-0.4, -0.2) is 19.7 Å². The van der Waals surface area contributed by atoms with E-state index in [0.717, 1.165) is 26.1 Å². The maximum absolute atomic E-state index is 5.95. The lowest BCUT2D eigenvalue weighted by Crippen LogP contribution is -2.16. The number of thiophene rings is 1. The van der Waals surface area contributed by atoms with Gasteiger partial charge < -0.3 is 10.1 Å². The van der Waals surface area contributed by atoms with Gasteiger partial charge in [0.2, 0.25) is 0 Å². The minimum atomic E-state index is 0.352. The quantitative estimate of drug-likeness (QED) is 0.810. The average molecular weight is 237 g/mol. The number of fused-ring (bicyclic) bond motifs is 1. The first-order valence-electron chi connectivity index (χ1n) is 6.29. The molecule has 1 aliphatic heterocycles. The summed E-state index contributed by atoms with van der Waals surface area (Å²) >= 11 is 2.01. The van der Waals surface area contributed by atoms with Crippen molar-refractivity contribution in [1.82, 2.24) is 5.32 Å². The topological polar surface area (TPSA) is 21.3 Å². The molecule has 1 atom stereocenters. The molecule has 2 aliphatic rings. The highest BCUT2D eigenvalue weighted by atomic mass is 32.1. The van der Waals surface area contributed by atoms with Gasteiger partial charge >= 0.3 is 0 Å². The highest BCUT2D eigenvalue weighted by Gasteiger charge is 2.25. The fourth-order valence-electron chi connectivity index (χ4n) is 2.81. The molecule has 88 valence electrons. The summed E-state index contributed by atoms with van der Waals surface area (Å²) in [4.78, 5) is 3.14. The normalized spacial score (nSPS) is 25.4. The lowest BCUT2D eigenvalue weighted by molar-refractivity contribution is 0.0665. The molecule has 0 aromatic carbocycles. The van der Waals surface area contributed by atoms with Gasteiger partial charge in [0.1, 0.15) is 0 Å². The minimum absolute atomic E-state index is 0.352. The van der Waals surface area contributed by atoms with Crippen LogP contribution in [0, 0.1) is 6.92 Å². The van der Waals surface area contributed by atoms with Gasteiger partial charge in [-0.25, -0.2) is 0 Å². The summed E-state index contributed by atoms with van der Waals surface area (Å²) in [6, 6.07) is 0. The standard InChI is InChI=1S/C13H19NOS/c1-9-10-3-2-4-12(10)16-13(9)11-5-6-14-7-8-15-11/h11,14H,2-8H2,1H3. The number of hydrogen-bond donors (Lipinski definition) is 1. The van der Waals surface area contributed by atoms with E-state index in [4.69, 9.17) is 4.74 Å². The molecule has 1 fully saturated rings. The Balaban J connectivity index is 1.88. The molecule has 0 amide bonds. The van der Waals surface area contributed by atoms with E-state index in [1.807, 2.05) is 11.3 Å². The Labute approximate surface area is 101 Å². The highest BCUT2D eigenvalue weighted by molar-refractivity contribution is 7.12. The van der Waals surface area contributed by atoms with Crippen molar-refractivity contribution in [3.05, 3.63) is 20.9 Å². The maximum atomic E-state index is 5.95. The summed E-state index contributed by atoms with van der Waals surface area (Å²) in [5, 5.41) is 3.40. The lowest BCUT2D eigenvalue weighted by atomic mass is 10.1. The van der Waals surface area contributed by atoms with E-state index in [2.05, 4.69) is 12.2 Å². The molecule has 1 saturated heterocycles. The Hall–Kier alpha value is -0.380. The van der Waals surface area contributed by atoms with Gasteiger partial charge in [0.15, 0.2) is 0 Å². The Bertz CT molecular complexity index is 378. The van der Waals surface area contributed by atoms with Gasteiger partial charge in [-0.05, 0) is 50.3 Å². The number of aryl methyl sites for hydroxylation is 1. The Kier molecular flexibility index (Phi) is 3.01. The zero-order valence-corrected chi connectivity index (χ0v) is 10.7. The smallest absolute Gasteiger partial charge is 0.0932 e.